The molecule has 0 unspecified atom stereocenters. The number of para-hydroxylation sites is 5. The van der Waals surface area contributed by atoms with Crippen LogP contribution in [-0.4, -0.2) is 23.7 Å². The zero-order chi connectivity index (χ0) is 45.7. The van der Waals surface area contributed by atoms with Gasteiger partial charge < -0.3 is 23.4 Å². The van der Waals surface area contributed by atoms with Gasteiger partial charge in [-0.3, -0.25) is 4.57 Å². The second-order valence-corrected chi connectivity index (χ2v) is 20.5. The van der Waals surface area contributed by atoms with Crippen LogP contribution in [0.2, 0.25) is 0 Å². The van der Waals surface area contributed by atoms with E-state index in [2.05, 4.69) is 228 Å². The Morgan fingerprint density at radius 1 is 0.537 bits per heavy atom. The molecule has 5 heterocycles. The molecule has 0 N–H and O–H groups in total. The predicted octanol–water partition coefficient (Wildman–Crippen LogP) is 14.0. The van der Waals surface area contributed by atoms with Gasteiger partial charge in [0, 0.05) is 55.1 Å². The van der Waals surface area contributed by atoms with E-state index in [1.807, 2.05) is 17.0 Å². The average molecular weight is 1060 g/mol. The van der Waals surface area contributed by atoms with E-state index in [0.29, 0.717) is 17.2 Å². The maximum absolute atomic E-state index is 6.93. The van der Waals surface area contributed by atoms with Crippen LogP contribution in [0.1, 0.15) is 79.0 Å². The third-order valence-electron chi connectivity index (χ3n) is 12.9. The molecular formula is C59H52N6OPt-2. The minimum atomic E-state index is -0.0794. The van der Waals surface area contributed by atoms with Crippen molar-refractivity contribution in [3.05, 3.63) is 187 Å². The van der Waals surface area contributed by atoms with Gasteiger partial charge in [0.15, 0.2) is 0 Å². The van der Waals surface area contributed by atoms with Crippen molar-refractivity contribution in [1.29, 1.82) is 0 Å². The van der Waals surface area contributed by atoms with E-state index in [1.165, 1.54) is 27.5 Å². The Hall–Kier alpha value is -6.82. The number of rotatable bonds is 6. The molecule has 0 radical (unpaired) electrons. The van der Waals surface area contributed by atoms with E-state index in [0.717, 1.165) is 61.1 Å². The van der Waals surface area contributed by atoms with E-state index in [9.17, 15) is 0 Å². The Kier molecular flexibility index (Phi) is 10.7. The molecule has 8 heteroatoms. The minimum Gasteiger partial charge on any atom is -0.508 e. The van der Waals surface area contributed by atoms with Crippen LogP contribution < -0.4 is 9.30 Å². The standard InChI is InChI=1S/C59H52N6O.Pt/c1-57(2,3)38-26-27-61-55(31-38)65-50-23-15-12-20-47(50)56-53(64-48-21-13-10-18-45(48)46-19-11-14-22-49(46)64)33-43(34-54(56)65)66-44-32-42(35-60-36-44)63-37-62(51-24-16-17-25-52(51)63)41-29-39(58(4,5)6)28-40(30-41)59(7,8)9;/h10-31,33,35-36H,1-9H3;/q-2;. The van der Waals surface area contributed by atoms with Crippen molar-refractivity contribution in [3.63, 3.8) is 0 Å². The molecule has 67 heavy (non-hydrogen) atoms. The van der Waals surface area contributed by atoms with Crippen molar-refractivity contribution in [2.45, 2.75) is 78.6 Å². The smallest absolute Gasteiger partial charge is 0.268 e. The summed E-state index contributed by atoms with van der Waals surface area (Å²) in [5, 5.41) is 4.50. The van der Waals surface area contributed by atoms with Gasteiger partial charge in [0.1, 0.15) is 5.82 Å². The predicted molar refractivity (Wildman–Crippen MR) is 268 cm³/mol. The first-order chi connectivity index (χ1) is 31.6. The van der Waals surface area contributed by atoms with E-state index >= 15 is 0 Å². The largest absolute Gasteiger partial charge is 0.508 e. The number of nitrogens with zero attached hydrogens (tertiary/aromatic N) is 6. The molecule has 0 amide bonds. The number of hydrogen-bond acceptors (Lipinski definition) is 3. The summed E-state index contributed by atoms with van der Waals surface area (Å²) in [6, 6.07) is 54.8. The van der Waals surface area contributed by atoms with Crippen molar-refractivity contribution in [2.75, 3.05) is 0 Å². The molecular weight excluding hydrogens is 1000 g/mol. The zero-order valence-corrected chi connectivity index (χ0v) is 41.6. The normalized spacial score (nSPS) is 12.4. The molecule has 336 valence electrons. The van der Waals surface area contributed by atoms with Gasteiger partial charge in [-0.25, -0.2) is 4.98 Å². The molecule has 5 aromatic heterocycles. The quantitative estimate of drug-likeness (QED) is 0.123. The SMILES string of the molecule is CC(C)(C)c1cc(-[n+]2[c-]n(-c3[c-]c(Oc4[c-]c5c(c(-n6c7ccccc7c7ccccc76)c4)c4ccccc4n5-c4cc(C(C)(C)C)ccn4)cnc3)c3ccccc32)cc(C(C)(C)C)c1.[Pt]. The van der Waals surface area contributed by atoms with Gasteiger partial charge in [0.25, 0.3) is 6.33 Å². The fourth-order valence-electron chi connectivity index (χ4n) is 9.31. The average Bonchev–Trinajstić information content (AvgIpc) is 3.96. The molecule has 11 aromatic rings. The second kappa shape index (κ2) is 16.2. The number of ether oxygens (including phenoxy) is 1. The summed E-state index contributed by atoms with van der Waals surface area (Å²) in [4.78, 5) is 9.75. The van der Waals surface area contributed by atoms with Crippen LogP contribution in [0.25, 0.3) is 77.5 Å². The van der Waals surface area contributed by atoms with E-state index in [-0.39, 0.29) is 37.3 Å². The van der Waals surface area contributed by atoms with Crippen LogP contribution in [0.3, 0.4) is 0 Å². The molecule has 0 bridgehead atoms. The van der Waals surface area contributed by atoms with Crippen molar-refractivity contribution < 1.29 is 30.4 Å². The molecule has 7 nitrogen and oxygen atoms in total. The molecule has 0 fully saturated rings. The van der Waals surface area contributed by atoms with E-state index in [1.54, 1.807) is 6.20 Å². The van der Waals surface area contributed by atoms with Crippen LogP contribution in [0.5, 0.6) is 11.5 Å². The Morgan fingerprint density at radius 2 is 1.10 bits per heavy atom. The Morgan fingerprint density at radius 3 is 1.73 bits per heavy atom. The first-order valence-electron chi connectivity index (χ1n) is 22.7. The van der Waals surface area contributed by atoms with Crippen molar-refractivity contribution in [1.82, 2.24) is 23.7 Å². The molecule has 0 aliphatic heterocycles. The van der Waals surface area contributed by atoms with E-state index in [4.69, 9.17) is 14.7 Å². The number of fused-ring (bicyclic) bond motifs is 7. The van der Waals surface area contributed by atoms with Gasteiger partial charge >= 0.3 is 0 Å². The number of hydrogen-bond donors (Lipinski definition) is 0. The zero-order valence-electron chi connectivity index (χ0n) is 39.3. The van der Waals surface area contributed by atoms with Gasteiger partial charge in [-0.1, -0.05) is 164 Å². The van der Waals surface area contributed by atoms with Crippen LogP contribution in [-0.2, 0) is 37.3 Å². The Bertz CT molecular complexity index is 3620. The number of benzene rings is 6. The summed E-state index contributed by atoms with van der Waals surface area (Å²) in [5.41, 5.74) is 12.4. The fraction of sp³-hybridized carbons (Fsp3) is 0.203. The first-order valence-corrected chi connectivity index (χ1v) is 22.7. The maximum atomic E-state index is 6.93. The summed E-state index contributed by atoms with van der Waals surface area (Å²) in [5.74, 6) is 1.79. The van der Waals surface area contributed by atoms with Gasteiger partial charge in [-0.15, -0.1) is 18.2 Å². The third-order valence-corrected chi connectivity index (χ3v) is 12.9. The molecule has 0 saturated carbocycles. The molecule has 0 saturated heterocycles. The Balaban J connectivity index is 0.00000525. The summed E-state index contributed by atoms with van der Waals surface area (Å²) in [6.45, 7) is 20.3. The van der Waals surface area contributed by atoms with Crippen molar-refractivity contribution >= 4 is 54.6 Å². The van der Waals surface area contributed by atoms with Crippen molar-refractivity contribution in [3.8, 4) is 34.4 Å². The molecule has 0 atom stereocenters. The molecule has 0 aliphatic carbocycles. The van der Waals surface area contributed by atoms with Crippen LogP contribution in [0, 0.1) is 18.5 Å². The fourth-order valence-corrected chi connectivity index (χ4v) is 9.31. The number of pyridine rings is 2. The Labute approximate surface area is 406 Å². The summed E-state index contributed by atoms with van der Waals surface area (Å²) in [6.07, 6.45) is 9.14. The van der Waals surface area contributed by atoms with Gasteiger partial charge in [-0.2, -0.15) is 0 Å². The third kappa shape index (κ3) is 7.64. The van der Waals surface area contributed by atoms with Crippen LogP contribution >= 0.6 is 0 Å². The van der Waals surface area contributed by atoms with E-state index < -0.39 is 0 Å². The summed E-state index contributed by atoms with van der Waals surface area (Å²) >= 11 is 0. The van der Waals surface area contributed by atoms with Gasteiger partial charge in [-0.05, 0) is 98.4 Å². The number of imidazole rings is 1. The van der Waals surface area contributed by atoms with Crippen molar-refractivity contribution in [2.24, 2.45) is 0 Å². The van der Waals surface area contributed by atoms with Gasteiger partial charge in [0.05, 0.1) is 27.8 Å². The molecule has 0 spiro atoms. The topological polar surface area (TPSA) is 53.7 Å². The molecule has 0 aliphatic rings. The van der Waals surface area contributed by atoms with Crippen LogP contribution in [0.15, 0.2) is 152 Å². The van der Waals surface area contributed by atoms with Crippen LogP contribution in [0.4, 0.5) is 0 Å². The summed E-state index contributed by atoms with van der Waals surface area (Å²) < 4.78 is 15.7. The maximum Gasteiger partial charge on any atom is 0.268 e. The summed E-state index contributed by atoms with van der Waals surface area (Å²) in [7, 11) is 0. The number of aromatic nitrogens is 6. The molecule has 6 aromatic carbocycles. The second-order valence-electron chi connectivity index (χ2n) is 20.5. The first kappa shape index (κ1) is 44.0. The van der Waals surface area contributed by atoms with Gasteiger partial charge in [0.2, 0.25) is 0 Å². The monoisotopic (exact) mass is 1060 g/mol. The molecule has 11 rings (SSSR count). The minimum absolute atomic E-state index is 0.